The van der Waals surface area contributed by atoms with Gasteiger partial charge in [0.25, 0.3) is 0 Å². The summed E-state index contributed by atoms with van der Waals surface area (Å²) < 4.78 is 22.0. The van der Waals surface area contributed by atoms with E-state index in [4.69, 9.17) is 15.6 Å². The van der Waals surface area contributed by atoms with E-state index in [0.29, 0.717) is 19.0 Å². The minimum absolute atomic E-state index is 0.455. The second-order valence-corrected chi connectivity index (χ2v) is 7.99. The molecule has 0 fully saturated rings. The van der Waals surface area contributed by atoms with Gasteiger partial charge in [-0.2, -0.15) is 0 Å². The Hall–Kier alpha value is -1.35. The van der Waals surface area contributed by atoms with Crippen molar-refractivity contribution in [2.45, 2.75) is 33.6 Å². The van der Waals surface area contributed by atoms with Crippen LogP contribution in [-0.2, 0) is 20.5 Å². The molecule has 0 aliphatic heterocycles. The van der Waals surface area contributed by atoms with Crippen LogP contribution in [-0.4, -0.2) is 31.8 Å². The first-order chi connectivity index (χ1) is 11.0. The molecule has 0 aliphatic rings. The summed E-state index contributed by atoms with van der Waals surface area (Å²) in [4.78, 5) is 22.2. The summed E-state index contributed by atoms with van der Waals surface area (Å²) in [6.07, 6.45) is 1.83. The van der Waals surface area contributed by atoms with E-state index in [2.05, 4.69) is 6.92 Å². The Morgan fingerprint density at radius 1 is 0.957 bits per heavy atom. The standard InChI is InChI=1S/C16H23IO6/c1-4-10-20-11-5-12-21-16-8-6-15(7-9-16)17(22-13(2)18)23-14(3)19/h6-9H,4-5,10-12H2,1-3H3. The molecule has 1 aromatic rings. The summed E-state index contributed by atoms with van der Waals surface area (Å²) in [5.74, 6) is -0.196. The quantitative estimate of drug-likeness (QED) is 0.411. The van der Waals surface area contributed by atoms with Crippen molar-refractivity contribution in [2.24, 2.45) is 0 Å². The Labute approximate surface area is 144 Å². The Morgan fingerprint density at radius 2 is 1.57 bits per heavy atom. The fourth-order valence-corrected chi connectivity index (χ4v) is 4.21. The third-order valence-electron chi connectivity index (χ3n) is 2.40. The van der Waals surface area contributed by atoms with Crippen LogP contribution in [0.3, 0.4) is 0 Å². The molecule has 23 heavy (non-hydrogen) atoms. The van der Waals surface area contributed by atoms with E-state index in [9.17, 15) is 9.59 Å². The van der Waals surface area contributed by atoms with Gasteiger partial charge in [0.2, 0.25) is 0 Å². The van der Waals surface area contributed by atoms with E-state index in [1.165, 1.54) is 13.8 Å². The molecule has 6 nitrogen and oxygen atoms in total. The third-order valence-corrected chi connectivity index (χ3v) is 6.18. The summed E-state index contributed by atoms with van der Waals surface area (Å²) in [5, 5.41) is 0. The predicted molar refractivity (Wildman–Crippen MR) is 93.9 cm³/mol. The molecule has 0 saturated heterocycles. The summed E-state index contributed by atoms with van der Waals surface area (Å²) in [7, 11) is 0. The minimum atomic E-state index is -2.74. The molecular formula is C16H23IO6. The van der Waals surface area contributed by atoms with Gasteiger partial charge in [0.15, 0.2) is 0 Å². The molecule has 0 amide bonds. The molecule has 0 bridgehead atoms. The maximum absolute atomic E-state index is 11.1. The Bertz CT molecular complexity index is 472. The van der Waals surface area contributed by atoms with Gasteiger partial charge in [-0.05, 0) is 0 Å². The number of carbonyl (C=O) groups is 2. The number of rotatable bonds is 10. The van der Waals surface area contributed by atoms with Gasteiger partial charge in [-0.3, -0.25) is 0 Å². The van der Waals surface area contributed by atoms with Crippen LogP contribution in [0.15, 0.2) is 24.3 Å². The van der Waals surface area contributed by atoms with Gasteiger partial charge in [-0.25, -0.2) is 0 Å². The second kappa shape index (κ2) is 11.2. The Kier molecular flexibility index (Phi) is 9.61. The average Bonchev–Trinajstić information content (AvgIpc) is 2.50. The Morgan fingerprint density at radius 3 is 2.09 bits per heavy atom. The summed E-state index contributed by atoms with van der Waals surface area (Å²) >= 11 is -2.74. The molecule has 0 heterocycles. The van der Waals surface area contributed by atoms with Crippen molar-refractivity contribution in [3.8, 4) is 5.75 Å². The summed E-state index contributed by atoms with van der Waals surface area (Å²) in [6.45, 7) is 6.69. The molecule has 0 aromatic heterocycles. The monoisotopic (exact) mass is 438 g/mol. The number of benzene rings is 1. The van der Waals surface area contributed by atoms with Crippen LogP contribution in [0.4, 0.5) is 0 Å². The van der Waals surface area contributed by atoms with Gasteiger partial charge in [0.1, 0.15) is 0 Å². The van der Waals surface area contributed by atoms with Crippen molar-refractivity contribution in [3.63, 3.8) is 0 Å². The molecule has 0 radical (unpaired) electrons. The second-order valence-electron chi connectivity index (χ2n) is 4.62. The zero-order valence-electron chi connectivity index (χ0n) is 13.7. The van der Waals surface area contributed by atoms with E-state index in [0.717, 1.165) is 23.0 Å². The summed E-state index contributed by atoms with van der Waals surface area (Å²) in [6, 6.07) is 7.08. The first kappa shape index (κ1) is 19.7. The van der Waals surface area contributed by atoms with Crippen LogP contribution in [0.2, 0.25) is 0 Å². The first-order valence-electron chi connectivity index (χ1n) is 7.41. The molecule has 130 valence electrons. The van der Waals surface area contributed by atoms with Crippen LogP contribution in [0.5, 0.6) is 5.75 Å². The van der Waals surface area contributed by atoms with Crippen molar-refractivity contribution >= 4 is 32.6 Å². The van der Waals surface area contributed by atoms with Gasteiger partial charge in [-0.1, -0.05) is 0 Å². The van der Waals surface area contributed by atoms with Crippen LogP contribution in [0, 0.1) is 3.57 Å². The van der Waals surface area contributed by atoms with Gasteiger partial charge in [0.05, 0.1) is 0 Å². The predicted octanol–water partition coefficient (Wildman–Crippen LogP) is 3.51. The maximum atomic E-state index is 11.1. The van der Waals surface area contributed by atoms with Crippen LogP contribution >= 0.6 is 20.6 Å². The summed E-state index contributed by atoms with van der Waals surface area (Å²) in [5.41, 5.74) is 0. The van der Waals surface area contributed by atoms with E-state index < -0.39 is 32.6 Å². The SMILES string of the molecule is CCCOCCCOc1ccc(I(OC(C)=O)OC(C)=O)cc1. The molecule has 0 unspecified atom stereocenters. The van der Waals surface area contributed by atoms with Crippen molar-refractivity contribution in [3.05, 3.63) is 27.8 Å². The molecule has 0 spiro atoms. The molecule has 1 aromatic carbocycles. The number of ether oxygens (including phenoxy) is 2. The molecule has 0 N–H and O–H groups in total. The van der Waals surface area contributed by atoms with E-state index in [1.807, 2.05) is 0 Å². The molecule has 1 rings (SSSR count). The van der Waals surface area contributed by atoms with Crippen molar-refractivity contribution in [1.82, 2.24) is 0 Å². The zero-order valence-corrected chi connectivity index (χ0v) is 15.8. The van der Waals surface area contributed by atoms with E-state index in [1.54, 1.807) is 24.3 Å². The van der Waals surface area contributed by atoms with Gasteiger partial charge >= 0.3 is 145 Å². The average molecular weight is 438 g/mol. The fourth-order valence-electron chi connectivity index (χ4n) is 1.53. The third kappa shape index (κ3) is 8.75. The topological polar surface area (TPSA) is 71.1 Å². The number of hydrogen-bond donors (Lipinski definition) is 0. The fraction of sp³-hybridized carbons (Fsp3) is 0.500. The van der Waals surface area contributed by atoms with Crippen molar-refractivity contribution in [2.75, 3.05) is 19.8 Å². The molecule has 0 saturated carbocycles. The normalized spacial score (nSPS) is 10.8. The molecular weight excluding hydrogens is 415 g/mol. The van der Waals surface area contributed by atoms with Crippen LogP contribution in [0.1, 0.15) is 33.6 Å². The molecule has 0 aliphatic carbocycles. The van der Waals surface area contributed by atoms with Gasteiger partial charge in [-0.15, -0.1) is 0 Å². The zero-order chi connectivity index (χ0) is 17.1. The van der Waals surface area contributed by atoms with Crippen molar-refractivity contribution < 1.29 is 25.2 Å². The first-order valence-corrected chi connectivity index (χ1v) is 10.3. The van der Waals surface area contributed by atoms with E-state index in [-0.39, 0.29) is 0 Å². The molecule has 0 atom stereocenters. The van der Waals surface area contributed by atoms with E-state index >= 15 is 0 Å². The number of halogens is 1. The van der Waals surface area contributed by atoms with Crippen molar-refractivity contribution in [1.29, 1.82) is 0 Å². The number of hydrogen-bond acceptors (Lipinski definition) is 6. The number of carbonyl (C=O) groups excluding carboxylic acids is 2. The Balaban J connectivity index is 2.49. The van der Waals surface area contributed by atoms with Crippen LogP contribution in [0.25, 0.3) is 0 Å². The van der Waals surface area contributed by atoms with Gasteiger partial charge < -0.3 is 0 Å². The van der Waals surface area contributed by atoms with Gasteiger partial charge in [0, 0.05) is 0 Å². The molecule has 7 heteroatoms. The van der Waals surface area contributed by atoms with Crippen LogP contribution < -0.4 is 4.74 Å².